The number of thioether (sulfide) groups is 1. The van der Waals surface area contributed by atoms with Crippen molar-refractivity contribution in [3.63, 3.8) is 0 Å². The summed E-state index contributed by atoms with van der Waals surface area (Å²) < 4.78 is 15.8. The highest BCUT2D eigenvalue weighted by Crippen LogP contribution is 2.52. The fourth-order valence-corrected chi connectivity index (χ4v) is 7.14. The van der Waals surface area contributed by atoms with Crippen molar-refractivity contribution in [2.24, 2.45) is 11.8 Å². The second kappa shape index (κ2) is 14.6. The quantitative estimate of drug-likeness (QED) is 0.146. The molecule has 0 aromatic heterocycles. The molecule has 0 bridgehead atoms. The Bertz CT molecular complexity index is 1170. The highest BCUT2D eigenvalue weighted by Gasteiger charge is 2.60. The van der Waals surface area contributed by atoms with Crippen molar-refractivity contribution in [1.29, 1.82) is 0 Å². The summed E-state index contributed by atoms with van der Waals surface area (Å²) in [5, 5.41) is 10.1. The predicted octanol–water partition coefficient (Wildman–Crippen LogP) is 3.48. The highest BCUT2D eigenvalue weighted by molar-refractivity contribution is 8.03. The molecule has 1 N–H and O–H groups in total. The molecule has 3 aliphatic rings. The van der Waals surface area contributed by atoms with Gasteiger partial charge >= 0.3 is 18.2 Å². The summed E-state index contributed by atoms with van der Waals surface area (Å²) in [7, 11) is 1.62. The minimum absolute atomic E-state index is 0.00470. The summed E-state index contributed by atoms with van der Waals surface area (Å²) in [6.45, 7) is 16.9. The molecule has 3 rings (SSSR count). The average molecular weight is 604 g/mol. The number of likely N-dealkylation sites (tertiary alicyclic amines) is 1. The van der Waals surface area contributed by atoms with Crippen LogP contribution in [-0.2, 0) is 23.8 Å². The SMILES string of the molecule is C=CCOC(=O)C1=C(S[C@H]2C[C@@H](/C=C(\C)CN(C)C(=O)OCC=C)N(C(=O)OCC=C)C2)[C@H](C)[C@@H]2[C@@H]([C@@H](C)O)C(=O)N12. The summed E-state index contributed by atoms with van der Waals surface area (Å²) in [6, 6.07) is -0.689. The van der Waals surface area contributed by atoms with E-state index in [1.165, 1.54) is 39.8 Å². The standard InChI is InChI=1S/C30H41N3O8S/c1-8-11-39-28(36)25-26(19(5)24-23(20(6)34)27(35)33(24)25)42-22-15-21(32(17-22)30(38)41-13-10-3)14-18(4)16-31(7)29(37)40-12-9-2/h8-10,14,19-24,34H,1-3,11-13,15-17H2,4-7H3/b18-14+/t19-,20-,21-,22+,23-,24-/m1/s1. The van der Waals surface area contributed by atoms with E-state index in [2.05, 4.69) is 19.7 Å². The molecule has 2 saturated heterocycles. The smallest absolute Gasteiger partial charge is 0.410 e. The van der Waals surface area contributed by atoms with Gasteiger partial charge < -0.3 is 34.0 Å². The Kier molecular flexibility index (Phi) is 11.5. The lowest BCUT2D eigenvalue weighted by molar-refractivity contribution is -0.164. The molecule has 3 heterocycles. The van der Waals surface area contributed by atoms with Gasteiger partial charge in [0.15, 0.2) is 0 Å². The number of ether oxygens (including phenoxy) is 3. The number of aliphatic hydroxyl groups excluding tert-OH is 1. The van der Waals surface area contributed by atoms with E-state index in [0.717, 1.165) is 5.57 Å². The van der Waals surface area contributed by atoms with Crippen LogP contribution in [0.5, 0.6) is 0 Å². The molecule has 2 fully saturated rings. The lowest BCUT2D eigenvalue weighted by Crippen LogP contribution is -2.63. The maximum absolute atomic E-state index is 13.1. The van der Waals surface area contributed by atoms with E-state index in [4.69, 9.17) is 14.2 Å². The van der Waals surface area contributed by atoms with Gasteiger partial charge in [0.2, 0.25) is 5.91 Å². The number of rotatable bonds is 13. The van der Waals surface area contributed by atoms with Gasteiger partial charge in [-0.3, -0.25) is 4.79 Å². The van der Waals surface area contributed by atoms with E-state index in [1.54, 1.807) is 18.9 Å². The van der Waals surface area contributed by atoms with Gasteiger partial charge in [-0.25, -0.2) is 14.4 Å². The number of likely N-dealkylation sites (N-methyl/N-ethyl adjacent to an activating group) is 1. The molecule has 230 valence electrons. The first-order chi connectivity index (χ1) is 20.0. The van der Waals surface area contributed by atoms with Crippen LogP contribution < -0.4 is 0 Å². The topological polar surface area (TPSA) is 126 Å². The van der Waals surface area contributed by atoms with Gasteiger partial charge in [-0.1, -0.05) is 56.5 Å². The van der Waals surface area contributed by atoms with Crippen LogP contribution in [0.1, 0.15) is 27.2 Å². The van der Waals surface area contributed by atoms with Gasteiger partial charge in [-0.15, -0.1) is 11.8 Å². The van der Waals surface area contributed by atoms with Crippen LogP contribution in [-0.4, -0.2) is 107 Å². The molecule has 0 saturated carbocycles. The lowest BCUT2D eigenvalue weighted by Gasteiger charge is -2.46. The van der Waals surface area contributed by atoms with Crippen molar-refractivity contribution >= 4 is 35.8 Å². The Morgan fingerprint density at radius 1 is 1.12 bits per heavy atom. The Morgan fingerprint density at radius 3 is 2.36 bits per heavy atom. The minimum atomic E-state index is -0.859. The number of fused-ring (bicyclic) bond motifs is 1. The molecule has 12 heteroatoms. The molecule has 0 radical (unpaired) electrons. The first-order valence-corrected chi connectivity index (χ1v) is 14.7. The van der Waals surface area contributed by atoms with Crippen molar-refractivity contribution in [2.45, 2.75) is 50.6 Å². The van der Waals surface area contributed by atoms with Gasteiger partial charge in [-0.05, 0) is 20.3 Å². The zero-order valence-corrected chi connectivity index (χ0v) is 25.5. The fraction of sp³-hybridized carbons (Fsp3) is 0.533. The number of nitrogens with zero attached hydrogens (tertiary/aromatic N) is 3. The molecule has 0 spiro atoms. The van der Waals surface area contributed by atoms with Crippen molar-refractivity contribution in [1.82, 2.24) is 14.7 Å². The fourth-order valence-electron chi connectivity index (χ4n) is 5.60. The minimum Gasteiger partial charge on any atom is -0.457 e. The maximum atomic E-state index is 13.1. The van der Waals surface area contributed by atoms with Gasteiger partial charge in [0.1, 0.15) is 25.5 Å². The zero-order valence-electron chi connectivity index (χ0n) is 24.7. The number of carbonyl (C=O) groups is 4. The van der Waals surface area contributed by atoms with E-state index in [1.807, 2.05) is 19.9 Å². The van der Waals surface area contributed by atoms with Crippen molar-refractivity contribution in [2.75, 3.05) is 40.0 Å². The lowest BCUT2D eigenvalue weighted by atomic mass is 9.79. The number of β-lactam (4-membered cyclic amide) rings is 1. The van der Waals surface area contributed by atoms with Crippen molar-refractivity contribution in [3.8, 4) is 0 Å². The van der Waals surface area contributed by atoms with Crippen LogP contribution in [0.2, 0.25) is 0 Å². The maximum Gasteiger partial charge on any atom is 0.410 e. The summed E-state index contributed by atoms with van der Waals surface area (Å²) in [5.74, 6) is -1.76. The first-order valence-electron chi connectivity index (χ1n) is 13.9. The summed E-state index contributed by atoms with van der Waals surface area (Å²) in [5.41, 5.74) is 1.04. The summed E-state index contributed by atoms with van der Waals surface area (Å²) >= 11 is 1.44. The second-order valence-electron chi connectivity index (χ2n) is 10.6. The second-order valence-corrected chi connectivity index (χ2v) is 12.0. The molecule has 0 aromatic carbocycles. The molecule has 3 aliphatic heterocycles. The first kappa shape index (κ1) is 33.0. The monoisotopic (exact) mass is 603 g/mol. The van der Waals surface area contributed by atoms with Crippen LogP contribution in [0.4, 0.5) is 9.59 Å². The molecule has 3 amide bonds. The van der Waals surface area contributed by atoms with Crippen molar-refractivity contribution < 1.29 is 38.5 Å². The van der Waals surface area contributed by atoms with E-state index in [9.17, 15) is 24.3 Å². The third-order valence-electron chi connectivity index (χ3n) is 7.39. The number of esters is 1. The van der Waals surface area contributed by atoms with Crippen LogP contribution in [0.15, 0.2) is 60.2 Å². The third-order valence-corrected chi connectivity index (χ3v) is 8.89. The van der Waals surface area contributed by atoms with E-state index in [0.29, 0.717) is 24.4 Å². The Balaban J connectivity index is 1.85. The summed E-state index contributed by atoms with van der Waals surface area (Å²) in [6.07, 6.45) is 5.06. The van der Waals surface area contributed by atoms with Gasteiger partial charge in [0, 0.05) is 36.2 Å². The molecule has 0 unspecified atom stereocenters. The largest absolute Gasteiger partial charge is 0.457 e. The van der Waals surface area contributed by atoms with Crippen LogP contribution in [0.25, 0.3) is 0 Å². The molecule has 6 atom stereocenters. The van der Waals surface area contributed by atoms with Crippen LogP contribution in [0, 0.1) is 11.8 Å². The Labute approximate surface area is 251 Å². The number of hydrogen-bond donors (Lipinski definition) is 1. The molecule has 0 aliphatic carbocycles. The van der Waals surface area contributed by atoms with E-state index < -0.39 is 30.2 Å². The number of carbonyl (C=O) groups excluding carboxylic acids is 4. The Hall–Kier alpha value is -3.51. The van der Waals surface area contributed by atoms with Crippen LogP contribution in [0.3, 0.4) is 0 Å². The molecular weight excluding hydrogens is 562 g/mol. The molecule has 11 nitrogen and oxygen atoms in total. The molecule has 0 aromatic rings. The number of hydrogen-bond acceptors (Lipinski definition) is 9. The zero-order chi connectivity index (χ0) is 31.1. The summed E-state index contributed by atoms with van der Waals surface area (Å²) in [4.78, 5) is 56.5. The van der Waals surface area contributed by atoms with E-state index >= 15 is 0 Å². The average Bonchev–Trinajstić information content (AvgIpc) is 3.44. The van der Waals surface area contributed by atoms with Gasteiger partial charge in [0.05, 0.1) is 24.1 Å². The normalized spacial score (nSPS) is 25.8. The number of amides is 3. The van der Waals surface area contributed by atoms with Crippen molar-refractivity contribution in [3.05, 3.63) is 60.2 Å². The van der Waals surface area contributed by atoms with Gasteiger partial charge in [-0.2, -0.15) is 0 Å². The van der Waals surface area contributed by atoms with E-state index in [-0.39, 0.29) is 54.7 Å². The number of aliphatic hydroxyl groups is 1. The third kappa shape index (κ3) is 7.09. The molecular formula is C30H41N3O8S. The Morgan fingerprint density at radius 2 is 1.74 bits per heavy atom. The predicted molar refractivity (Wildman–Crippen MR) is 159 cm³/mol. The van der Waals surface area contributed by atoms with Gasteiger partial charge in [0.25, 0.3) is 0 Å². The highest BCUT2D eigenvalue weighted by atomic mass is 32.2. The molecule has 42 heavy (non-hydrogen) atoms. The van der Waals surface area contributed by atoms with Crippen LogP contribution >= 0.6 is 11.8 Å².